The normalized spacial score (nSPS) is 14.9. The molecule has 0 aromatic heterocycles. The summed E-state index contributed by atoms with van der Waals surface area (Å²) in [6.07, 6.45) is 4.16. The van der Waals surface area contributed by atoms with E-state index >= 15 is 0 Å². The maximum Gasteiger partial charge on any atom is 0.142 e. The number of rotatable bonds is 9. The second-order valence-electron chi connectivity index (χ2n) is 4.83. The van der Waals surface area contributed by atoms with E-state index in [1.807, 2.05) is 18.2 Å². The Morgan fingerprint density at radius 1 is 1.25 bits per heavy atom. The van der Waals surface area contributed by atoms with Crippen molar-refractivity contribution in [3.05, 3.63) is 23.2 Å². The van der Waals surface area contributed by atoms with Crippen LogP contribution in [0.15, 0.2) is 18.2 Å². The van der Waals surface area contributed by atoms with Crippen LogP contribution in [0.5, 0.6) is 5.75 Å². The van der Waals surface area contributed by atoms with Gasteiger partial charge in [-0.25, -0.2) is 0 Å². The average molecular weight is 300 g/mol. The topological polar surface area (TPSA) is 39.7 Å². The Balaban J connectivity index is 1.78. The molecule has 1 aromatic rings. The lowest BCUT2D eigenvalue weighted by atomic mass is 9.96. The van der Waals surface area contributed by atoms with E-state index in [-0.39, 0.29) is 0 Å². The molecule has 0 amide bonds. The van der Waals surface area contributed by atoms with Gasteiger partial charge in [0, 0.05) is 18.7 Å². The van der Waals surface area contributed by atoms with Crippen LogP contribution in [0.3, 0.4) is 0 Å². The standard InChI is InChI=1S/C15H22ClNO3/c1-18-9-10-20-15-6-5-12(16)11-14(15)17-7-8-19-13-3-2-4-13/h5-6,11,13,17H,2-4,7-10H2,1H3. The van der Waals surface area contributed by atoms with Gasteiger partial charge in [-0.2, -0.15) is 0 Å². The summed E-state index contributed by atoms with van der Waals surface area (Å²) in [5.74, 6) is 0.787. The van der Waals surface area contributed by atoms with E-state index in [0.717, 1.165) is 18.0 Å². The first kappa shape index (κ1) is 15.4. The fraction of sp³-hybridized carbons (Fsp3) is 0.600. The molecule has 1 saturated carbocycles. The number of ether oxygens (including phenoxy) is 3. The van der Waals surface area contributed by atoms with E-state index in [9.17, 15) is 0 Å². The van der Waals surface area contributed by atoms with Gasteiger partial charge in [0.15, 0.2) is 0 Å². The SMILES string of the molecule is COCCOc1ccc(Cl)cc1NCCOC1CCC1. The summed E-state index contributed by atoms with van der Waals surface area (Å²) in [7, 11) is 1.65. The Bertz CT molecular complexity index is 410. The fourth-order valence-corrected chi connectivity index (χ4v) is 2.12. The van der Waals surface area contributed by atoms with Gasteiger partial charge in [0.05, 0.1) is 25.0 Å². The molecular weight excluding hydrogens is 278 g/mol. The third-order valence-electron chi connectivity index (χ3n) is 3.31. The van der Waals surface area contributed by atoms with E-state index in [1.54, 1.807) is 7.11 Å². The molecule has 2 rings (SSSR count). The average Bonchev–Trinajstić information content (AvgIpc) is 2.39. The second-order valence-corrected chi connectivity index (χ2v) is 5.27. The van der Waals surface area contributed by atoms with E-state index in [1.165, 1.54) is 19.3 Å². The van der Waals surface area contributed by atoms with Crippen LogP contribution in [0, 0.1) is 0 Å². The molecule has 0 aliphatic heterocycles. The van der Waals surface area contributed by atoms with Crippen LogP contribution >= 0.6 is 11.6 Å². The van der Waals surface area contributed by atoms with Crippen molar-refractivity contribution in [2.45, 2.75) is 25.4 Å². The molecule has 1 aliphatic carbocycles. The highest BCUT2D eigenvalue weighted by Gasteiger charge is 2.17. The lowest BCUT2D eigenvalue weighted by Crippen LogP contribution is -2.24. The third-order valence-corrected chi connectivity index (χ3v) is 3.54. The molecule has 0 atom stereocenters. The minimum atomic E-state index is 0.466. The summed E-state index contributed by atoms with van der Waals surface area (Å²) >= 11 is 6.02. The molecule has 1 N–H and O–H groups in total. The number of nitrogens with one attached hydrogen (secondary N) is 1. The molecule has 0 heterocycles. The molecule has 0 saturated heterocycles. The van der Waals surface area contributed by atoms with Crippen LogP contribution in [-0.2, 0) is 9.47 Å². The van der Waals surface area contributed by atoms with Gasteiger partial charge in [-0.05, 0) is 37.5 Å². The predicted octanol–water partition coefficient (Wildman–Crippen LogP) is 3.35. The molecule has 1 fully saturated rings. The highest BCUT2D eigenvalue weighted by molar-refractivity contribution is 6.30. The van der Waals surface area contributed by atoms with E-state index in [0.29, 0.717) is 30.9 Å². The smallest absolute Gasteiger partial charge is 0.142 e. The lowest BCUT2D eigenvalue weighted by molar-refractivity contribution is 0.00811. The molecule has 0 bridgehead atoms. The number of methoxy groups -OCH3 is 1. The first-order valence-electron chi connectivity index (χ1n) is 7.06. The first-order chi connectivity index (χ1) is 9.79. The van der Waals surface area contributed by atoms with Gasteiger partial charge >= 0.3 is 0 Å². The quantitative estimate of drug-likeness (QED) is 0.710. The van der Waals surface area contributed by atoms with Crippen molar-refractivity contribution in [3.8, 4) is 5.75 Å². The summed E-state index contributed by atoms with van der Waals surface area (Å²) in [5.41, 5.74) is 0.894. The zero-order chi connectivity index (χ0) is 14.2. The maximum atomic E-state index is 6.02. The highest BCUT2D eigenvalue weighted by atomic mass is 35.5. The summed E-state index contributed by atoms with van der Waals surface area (Å²) in [6.45, 7) is 2.53. The predicted molar refractivity (Wildman–Crippen MR) is 80.9 cm³/mol. The number of halogens is 1. The lowest BCUT2D eigenvalue weighted by Gasteiger charge is -2.25. The molecule has 1 aliphatic rings. The Labute approximate surface area is 125 Å². The zero-order valence-electron chi connectivity index (χ0n) is 11.9. The molecule has 5 heteroatoms. The van der Waals surface area contributed by atoms with Gasteiger partial charge in [0.1, 0.15) is 12.4 Å². The van der Waals surface area contributed by atoms with Gasteiger partial charge in [0.2, 0.25) is 0 Å². The summed E-state index contributed by atoms with van der Waals surface area (Å²) in [6, 6.07) is 5.56. The Kier molecular flexibility index (Phi) is 6.43. The Hall–Kier alpha value is -0.970. The van der Waals surface area contributed by atoms with Crippen LogP contribution in [0.4, 0.5) is 5.69 Å². The molecule has 112 valence electrons. The molecule has 0 radical (unpaired) electrons. The Morgan fingerprint density at radius 2 is 2.10 bits per heavy atom. The summed E-state index contributed by atoms with van der Waals surface area (Å²) in [5, 5.41) is 4.00. The van der Waals surface area contributed by atoms with E-state index < -0.39 is 0 Å². The van der Waals surface area contributed by atoms with Crippen molar-refractivity contribution in [1.82, 2.24) is 0 Å². The number of benzene rings is 1. The van der Waals surface area contributed by atoms with Crippen LogP contribution in [-0.4, -0.2) is 39.6 Å². The molecule has 0 unspecified atom stereocenters. The van der Waals surface area contributed by atoms with Crippen LogP contribution in [0.25, 0.3) is 0 Å². The van der Waals surface area contributed by atoms with Crippen LogP contribution in [0.2, 0.25) is 5.02 Å². The van der Waals surface area contributed by atoms with E-state index in [2.05, 4.69) is 5.32 Å². The van der Waals surface area contributed by atoms with Gasteiger partial charge in [-0.1, -0.05) is 11.6 Å². The van der Waals surface area contributed by atoms with Gasteiger partial charge in [-0.3, -0.25) is 0 Å². The van der Waals surface area contributed by atoms with Crippen molar-refractivity contribution >= 4 is 17.3 Å². The Morgan fingerprint density at radius 3 is 2.80 bits per heavy atom. The van der Waals surface area contributed by atoms with Crippen molar-refractivity contribution < 1.29 is 14.2 Å². The highest BCUT2D eigenvalue weighted by Crippen LogP contribution is 2.28. The van der Waals surface area contributed by atoms with Gasteiger partial charge < -0.3 is 19.5 Å². The van der Waals surface area contributed by atoms with E-state index in [4.69, 9.17) is 25.8 Å². The van der Waals surface area contributed by atoms with Crippen molar-refractivity contribution in [1.29, 1.82) is 0 Å². The fourth-order valence-electron chi connectivity index (χ4n) is 1.95. The minimum absolute atomic E-state index is 0.466. The monoisotopic (exact) mass is 299 g/mol. The largest absolute Gasteiger partial charge is 0.489 e. The molecule has 1 aromatic carbocycles. The maximum absolute atomic E-state index is 6.02. The summed E-state index contributed by atoms with van der Waals surface area (Å²) < 4.78 is 16.3. The first-order valence-corrected chi connectivity index (χ1v) is 7.44. The molecule has 0 spiro atoms. The van der Waals surface area contributed by atoms with Gasteiger partial charge in [0.25, 0.3) is 0 Å². The summed E-state index contributed by atoms with van der Waals surface area (Å²) in [4.78, 5) is 0. The van der Waals surface area contributed by atoms with Crippen LogP contribution < -0.4 is 10.1 Å². The number of anilines is 1. The minimum Gasteiger partial charge on any atom is -0.489 e. The van der Waals surface area contributed by atoms with Gasteiger partial charge in [-0.15, -0.1) is 0 Å². The molecule has 20 heavy (non-hydrogen) atoms. The zero-order valence-corrected chi connectivity index (χ0v) is 12.6. The third kappa shape index (κ3) is 4.85. The second kappa shape index (κ2) is 8.35. The number of hydrogen-bond acceptors (Lipinski definition) is 4. The van der Waals surface area contributed by atoms with Crippen molar-refractivity contribution in [2.75, 3.05) is 38.8 Å². The number of hydrogen-bond donors (Lipinski definition) is 1. The van der Waals surface area contributed by atoms with Crippen molar-refractivity contribution in [3.63, 3.8) is 0 Å². The van der Waals surface area contributed by atoms with Crippen molar-refractivity contribution in [2.24, 2.45) is 0 Å². The molecule has 4 nitrogen and oxygen atoms in total. The molecular formula is C15H22ClNO3. The van der Waals surface area contributed by atoms with Crippen LogP contribution in [0.1, 0.15) is 19.3 Å².